The average Bonchev–Trinajstić information content (AvgIpc) is 2.73. The van der Waals surface area contributed by atoms with E-state index in [1.807, 2.05) is 0 Å². The van der Waals surface area contributed by atoms with Crippen molar-refractivity contribution in [1.29, 1.82) is 0 Å². The molecule has 0 spiro atoms. The third kappa shape index (κ3) is 2.91. The zero-order valence-electron chi connectivity index (χ0n) is 9.33. The molecule has 1 saturated carbocycles. The van der Waals surface area contributed by atoms with Crippen molar-refractivity contribution in [2.24, 2.45) is 5.92 Å². The number of carbonyl (C=O) groups is 1. The maximum atomic E-state index is 10.6. The van der Waals surface area contributed by atoms with Gasteiger partial charge in [-0.2, -0.15) is 0 Å². The number of aromatic carboxylic acids is 1. The smallest absolute Gasteiger partial charge is 0.356 e. The first-order valence-corrected chi connectivity index (χ1v) is 5.64. The maximum Gasteiger partial charge on any atom is 0.356 e. The summed E-state index contributed by atoms with van der Waals surface area (Å²) in [7, 11) is 0. The van der Waals surface area contributed by atoms with Crippen LogP contribution in [0.15, 0.2) is 12.4 Å². The van der Waals surface area contributed by atoms with E-state index >= 15 is 0 Å². The van der Waals surface area contributed by atoms with Crippen LogP contribution >= 0.6 is 0 Å². The number of aromatic nitrogens is 2. The van der Waals surface area contributed by atoms with E-state index in [1.54, 1.807) is 0 Å². The molecule has 0 saturated heterocycles. The minimum absolute atomic E-state index is 0.0727. The van der Waals surface area contributed by atoms with E-state index in [0.717, 1.165) is 19.3 Å². The summed E-state index contributed by atoms with van der Waals surface area (Å²) in [5.41, 5.74) is -0.0727. The quantitative estimate of drug-likeness (QED) is 0.715. The third-order valence-electron chi connectivity index (χ3n) is 3.04. The zero-order valence-corrected chi connectivity index (χ0v) is 9.33. The van der Waals surface area contributed by atoms with E-state index in [1.165, 1.54) is 12.4 Å². The van der Waals surface area contributed by atoms with Crippen molar-refractivity contribution in [2.75, 3.05) is 11.9 Å². The summed E-state index contributed by atoms with van der Waals surface area (Å²) >= 11 is 0. The molecule has 0 aromatic carbocycles. The summed E-state index contributed by atoms with van der Waals surface area (Å²) in [5, 5.41) is 21.3. The third-order valence-corrected chi connectivity index (χ3v) is 3.04. The molecule has 3 N–H and O–H groups in total. The van der Waals surface area contributed by atoms with Crippen molar-refractivity contribution in [3.05, 3.63) is 18.1 Å². The summed E-state index contributed by atoms with van der Waals surface area (Å²) in [4.78, 5) is 18.3. The highest BCUT2D eigenvalue weighted by Crippen LogP contribution is 2.25. The van der Waals surface area contributed by atoms with E-state index in [0.29, 0.717) is 12.4 Å². The van der Waals surface area contributed by atoms with E-state index < -0.39 is 5.97 Å². The highest BCUT2D eigenvalue weighted by Gasteiger charge is 2.24. The fourth-order valence-corrected chi connectivity index (χ4v) is 2.02. The molecule has 2 rings (SSSR count). The molecule has 1 heterocycles. The summed E-state index contributed by atoms with van der Waals surface area (Å²) < 4.78 is 0. The second-order valence-corrected chi connectivity index (χ2v) is 4.23. The Balaban J connectivity index is 1.88. The molecule has 1 aromatic rings. The van der Waals surface area contributed by atoms with E-state index in [-0.39, 0.29) is 17.7 Å². The molecule has 1 aromatic heterocycles. The fourth-order valence-electron chi connectivity index (χ4n) is 2.02. The second kappa shape index (κ2) is 5.09. The first kappa shape index (κ1) is 11.8. The van der Waals surface area contributed by atoms with Gasteiger partial charge in [0.1, 0.15) is 5.82 Å². The van der Waals surface area contributed by atoms with Gasteiger partial charge in [0.15, 0.2) is 5.69 Å². The van der Waals surface area contributed by atoms with Crippen molar-refractivity contribution >= 4 is 11.8 Å². The number of anilines is 1. The molecule has 2 atom stereocenters. The molecule has 92 valence electrons. The number of aliphatic hydroxyl groups excluding tert-OH is 1. The van der Waals surface area contributed by atoms with Crippen LogP contribution in [0.5, 0.6) is 0 Å². The molecule has 6 heteroatoms. The van der Waals surface area contributed by atoms with Gasteiger partial charge < -0.3 is 15.5 Å². The molecule has 6 nitrogen and oxygen atoms in total. The molecular formula is C11H15N3O3. The molecular weight excluding hydrogens is 222 g/mol. The van der Waals surface area contributed by atoms with Gasteiger partial charge in [0.2, 0.25) is 0 Å². The van der Waals surface area contributed by atoms with Crippen molar-refractivity contribution in [3.63, 3.8) is 0 Å². The van der Waals surface area contributed by atoms with Crippen LogP contribution in [-0.2, 0) is 0 Å². The van der Waals surface area contributed by atoms with Crippen LogP contribution in [0.1, 0.15) is 29.8 Å². The highest BCUT2D eigenvalue weighted by atomic mass is 16.4. The molecule has 1 aliphatic rings. The maximum absolute atomic E-state index is 10.6. The normalized spacial score (nSPS) is 23.6. The van der Waals surface area contributed by atoms with Gasteiger partial charge in [0.05, 0.1) is 18.5 Å². The standard InChI is InChI=1S/C11H15N3O3/c15-9-3-1-2-7(9)4-13-10-6-12-8(5-14-10)11(16)17/h5-7,9,15H,1-4H2,(H,13,14)(H,16,17)/t7-,9+/m0/s1. The largest absolute Gasteiger partial charge is 0.476 e. The highest BCUT2D eigenvalue weighted by molar-refractivity contribution is 5.84. The fraction of sp³-hybridized carbons (Fsp3) is 0.545. The van der Waals surface area contributed by atoms with Crippen LogP contribution in [0.4, 0.5) is 5.82 Å². The summed E-state index contributed by atoms with van der Waals surface area (Å²) in [6.45, 7) is 0.641. The predicted octanol–water partition coefficient (Wildman–Crippen LogP) is 0.748. The number of nitrogens with zero attached hydrogens (tertiary/aromatic N) is 2. The van der Waals surface area contributed by atoms with Crippen LogP contribution in [0.2, 0.25) is 0 Å². The molecule has 1 fully saturated rings. The zero-order chi connectivity index (χ0) is 12.3. The van der Waals surface area contributed by atoms with Crippen LogP contribution in [0.25, 0.3) is 0 Å². The molecule has 0 bridgehead atoms. The first-order valence-electron chi connectivity index (χ1n) is 5.64. The second-order valence-electron chi connectivity index (χ2n) is 4.23. The van der Waals surface area contributed by atoms with E-state index in [4.69, 9.17) is 5.11 Å². The topological polar surface area (TPSA) is 95.3 Å². The lowest BCUT2D eigenvalue weighted by molar-refractivity contribution is 0.0690. The van der Waals surface area contributed by atoms with Crippen molar-refractivity contribution in [1.82, 2.24) is 9.97 Å². The number of hydrogen-bond donors (Lipinski definition) is 3. The molecule has 1 aliphatic carbocycles. The summed E-state index contributed by atoms with van der Waals surface area (Å²) in [6.07, 6.45) is 5.29. The van der Waals surface area contributed by atoms with E-state index in [2.05, 4.69) is 15.3 Å². The molecule has 0 unspecified atom stereocenters. The Hall–Kier alpha value is -1.69. The lowest BCUT2D eigenvalue weighted by Gasteiger charge is -2.15. The summed E-state index contributed by atoms with van der Waals surface area (Å²) in [6, 6.07) is 0. The number of carboxylic acids is 1. The number of nitrogens with one attached hydrogen (secondary N) is 1. The Bertz CT molecular complexity index is 393. The van der Waals surface area contributed by atoms with Gasteiger partial charge in [0, 0.05) is 12.5 Å². The van der Waals surface area contributed by atoms with Crippen molar-refractivity contribution in [2.45, 2.75) is 25.4 Å². The Morgan fingerprint density at radius 1 is 1.41 bits per heavy atom. The number of aliphatic hydroxyl groups is 1. The molecule has 0 radical (unpaired) electrons. The SMILES string of the molecule is O=C(O)c1cnc(NC[C@@H]2CCC[C@H]2O)cn1. The Labute approximate surface area is 98.7 Å². The van der Waals surface area contributed by atoms with Gasteiger partial charge in [-0.3, -0.25) is 0 Å². The van der Waals surface area contributed by atoms with Crippen LogP contribution in [0, 0.1) is 5.92 Å². The number of rotatable bonds is 4. The number of carboxylic acid groups (broad SMARTS) is 1. The van der Waals surface area contributed by atoms with Crippen LogP contribution in [-0.4, -0.2) is 38.8 Å². The van der Waals surface area contributed by atoms with Gasteiger partial charge in [-0.15, -0.1) is 0 Å². The molecule has 17 heavy (non-hydrogen) atoms. The molecule has 0 aliphatic heterocycles. The minimum atomic E-state index is -1.09. The van der Waals surface area contributed by atoms with Gasteiger partial charge in [0.25, 0.3) is 0 Å². The Morgan fingerprint density at radius 2 is 2.24 bits per heavy atom. The minimum Gasteiger partial charge on any atom is -0.476 e. The monoisotopic (exact) mass is 237 g/mol. The van der Waals surface area contributed by atoms with Gasteiger partial charge >= 0.3 is 5.97 Å². The first-order chi connectivity index (χ1) is 8.16. The van der Waals surface area contributed by atoms with Gasteiger partial charge in [-0.05, 0) is 12.8 Å². The van der Waals surface area contributed by atoms with Crippen molar-refractivity contribution < 1.29 is 15.0 Å². The van der Waals surface area contributed by atoms with Crippen LogP contribution < -0.4 is 5.32 Å². The summed E-state index contributed by atoms with van der Waals surface area (Å²) in [5.74, 6) is -0.305. The van der Waals surface area contributed by atoms with Gasteiger partial charge in [-0.25, -0.2) is 14.8 Å². The lowest BCUT2D eigenvalue weighted by Crippen LogP contribution is -2.22. The van der Waals surface area contributed by atoms with Crippen molar-refractivity contribution in [3.8, 4) is 0 Å². The average molecular weight is 237 g/mol. The molecule has 0 amide bonds. The Morgan fingerprint density at radius 3 is 2.76 bits per heavy atom. The van der Waals surface area contributed by atoms with E-state index in [9.17, 15) is 9.90 Å². The number of hydrogen-bond acceptors (Lipinski definition) is 5. The van der Waals surface area contributed by atoms with Gasteiger partial charge in [-0.1, -0.05) is 6.42 Å². The predicted molar refractivity (Wildman–Crippen MR) is 60.8 cm³/mol. The lowest BCUT2D eigenvalue weighted by atomic mass is 10.1. The van der Waals surface area contributed by atoms with Crippen LogP contribution in [0.3, 0.4) is 0 Å². The Kier molecular flexibility index (Phi) is 3.53.